The number of carbonyl (C=O) groups excluding carboxylic acids is 1. The fourth-order valence-corrected chi connectivity index (χ4v) is 4.21. The topological polar surface area (TPSA) is 92.7 Å². The molecule has 2 aliphatic heterocycles. The number of ether oxygens (including phenoxy) is 1. The molecule has 2 saturated heterocycles. The van der Waals surface area contributed by atoms with Crippen LogP contribution in [-0.2, 0) is 19.6 Å². The Morgan fingerprint density at radius 2 is 2.14 bits per heavy atom. The monoisotopic (exact) mass is 312 g/mol. The predicted octanol–water partition coefficient (Wildman–Crippen LogP) is -0.756. The van der Waals surface area contributed by atoms with Crippen LogP contribution in [-0.4, -0.2) is 66.7 Å². The van der Waals surface area contributed by atoms with Gasteiger partial charge in [0.05, 0.1) is 19.3 Å². The summed E-state index contributed by atoms with van der Waals surface area (Å²) in [6.07, 6.45) is 5.00. The molecule has 0 saturated carbocycles. The molecule has 1 atom stereocenters. The first-order valence-electron chi connectivity index (χ1n) is 6.72. The lowest BCUT2D eigenvalue weighted by molar-refractivity contribution is -0.120. The summed E-state index contributed by atoms with van der Waals surface area (Å²) in [7, 11) is -3.48. The lowest BCUT2D eigenvalue weighted by Crippen LogP contribution is -2.54. The highest BCUT2D eigenvalue weighted by molar-refractivity contribution is 7.89. The van der Waals surface area contributed by atoms with Crippen LogP contribution in [0.4, 0.5) is 5.82 Å². The summed E-state index contributed by atoms with van der Waals surface area (Å²) >= 11 is 0. The molecule has 1 aromatic rings. The number of sulfonamides is 1. The Bertz CT molecular complexity index is 615. The van der Waals surface area contributed by atoms with Gasteiger partial charge >= 0.3 is 0 Å². The highest BCUT2D eigenvalue weighted by Gasteiger charge is 2.39. The van der Waals surface area contributed by atoms with Gasteiger partial charge in [-0.1, -0.05) is 0 Å². The Balaban J connectivity index is 1.72. The average Bonchev–Trinajstić information content (AvgIpc) is 3.03. The molecule has 0 bridgehead atoms. The lowest BCUT2D eigenvalue weighted by atomic mass is 10.3. The Hall–Kier alpha value is -1.58. The van der Waals surface area contributed by atoms with E-state index in [0.717, 1.165) is 0 Å². The van der Waals surface area contributed by atoms with Gasteiger partial charge in [0.1, 0.15) is 5.25 Å². The first kappa shape index (κ1) is 14.4. The van der Waals surface area contributed by atoms with Crippen LogP contribution in [0.15, 0.2) is 18.6 Å². The van der Waals surface area contributed by atoms with Crippen molar-refractivity contribution in [2.75, 3.05) is 37.7 Å². The highest BCUT2D eigenvalue weighted by atomic mass is 32.2. The van der Waals surface area contributed by atoms with Gasteiger partial charge < -0.3 is 4.74 Å². The quantitative estimate of drug-likeness (QED) is 0.729. The molecule has 3 heterocycles. The highest BCUT2D eigenvalue weighted by Crippen LogP contribution is 2.21. The molecule has 2 fully saturated rings. The maximum atomic E-state index is 12.4. The van der Waals surface area contributed by atoms with Crippen molar-refractivity contribution < 1.29 is 17.9 Å². The molecule has 9 heteroatoms. The van der Waals surface area contributed by atoms with Crippen molar-refractivity contribution in [3.63, 3.8) is 0 Å². The average molecular weight is 312 g/mol. The number of rotatable bonds is 3. The summed E-state index contributed by atoms with van der Waals surface area (Å²) in [6, 6.07) is 0. The molecule has 0 aromatic carbocycles. The van der Waals surface area contributed by atoms with Gasteiger partial charge in [-0.15, -0.1) is 0 Å². The molecule has 0 unspecified atom stereocenters. The molecule has 8 nitrogen and oxygen atoms in total. The van der Waals surface area contributed by atoms with Crippen LogP contribution in [0.25, 0.3) is 0 Å². The number of aromatic nitrogens is 2. The van der Waals surface area contributed by atoms with Crippen LogP contribution in [0.3, 0.4) is 0 Å². The van der Waals surface area contributed by atoms with E-state index < -0.39 is 15.3 Å². The Morgan fingerprint density at radius 1 is 1.29 bits per heavy atom. The minimum absolute atomic E-state index is 0.157. The standard InChI is InChI=1S/C12H16N4O4S/c17-12-8-15(21(18,19)10-1-6-20-9-10)4-5-16(12)11-7-13-2-3-14-11/h2-3,7,10H,1,4-6,8-9H2/t10-/m0/s1. The first-order valence-corrected chi connectivity index (χ1v) is 8.22. The summed E-state index contributed by atoms with van der Waals surface area (Å²) in [4.78, 5) is 21.6. The number of hydrogen-bond donors (Lipinski definition) is 0. The molecule has 114 valence electrons. The summed E-state index contributed by atoms with van der Waals surface area (Å²) in [5, 5.41) is -0.534. The minimum atomic E-state index is -3.48. The fourth-order valence-electron chi connectivity index (χ4n) is 2.50. The molecule has 2 aliphatic rings. The second-order valence-electron chi connectivity index (χ2n) is 4.97. The smallest absolute Gasteiger partial charge is 0.243 e. The Morgan fingerprint density at radius 3 is 2.76 bits per heavy atom. The van der Waals surface area contributed by atoms with E-state index in [0.29, 0.717) is 18.8 Å². The second kappa shape index (κ2) is 5.66. The van der Waals surface area contributed by atoms with E-state index in [4.69, 9.17) is 4.74 Å². The van der Waals surface area contributed by atoms with E-state index in [1.807, 2.05) is 0 Å². The van der Waals surface area contributed by atoms with Gasteiger partial charge in [-0.25, -0.2) is 13.4 Å². The third-order valence-corrected chi connectivity index (χ3v) is 5.93. The van der Waals surface area contributed by atoms with E-state index in [1.54, 1.807) is 0 Å². The zero-order chi connectivity index (χ0) is 14.9. The van der Waals surface area contributed by atoms with Gasteiger partial charge in [-0.05, 0) is 6.42 Å². The molecule has 0 spiro atoms. The van der Waals surface area contributed by atoms with Crippen LogP contribution in [0, 0.1) is 0 Å². The molecule has 3 rings (SSSR count). The zero-order valence-electron chi connectivity index (χ0n) is 11.4. The van der Waals surface area contributed by atoms with E-state index >= 15 is 0 Å². The zero-order valence-corrected chi connectivity index (χ0v) is 12.2. The molecule has 0 N–H and O–H groups in total. The number of piperazine rings is 1. The SMILES string of the molecule is O=C1CN(S(=O)(=O)[C@H]2CCOC2)CCN1c1cnccn1. The van der Waals surface area contributed by atoms with E-state index in [-0.39, 0.29) is 32.1 Å². The predicted molar refractivity (Wildman–Crippen MR) is 74.1 cm³/mol. The number of hydrogen-bond acceptors (Lipinski definition) is 6. The summed E-state index contributed by atoms with van der Waals surface area (Å²) in [6.45, 7) is 1.05. The van der Waals surface area contributed by atoms with Gasteiger partial charge in [-0.2, -0.15) is 4.31 Å². The molecule has 1 aromatic heterocycles. The first-order chi connectivity index (χ1) is 10.1. The van der Waals surface area contributed by atoms with Gasteiger partial charge in [0, 0.05) is 32.1 Å². The minimum Gasteiger partial charge on any atom is -0.380 e. The molecular formula is C12H16N4O4S. The van der Waals surface area contributed by atoms with Crippen molar-refractivity contribution in [2.45, 2.75) is 11.7 Å². The maximum absolute atomic E-state index is 12.4. The van der Waals surface area contributed by atoms with E-state index in [1.165, 1.54) is 27.8 Å². The van der Waals surface area contributed by atoms with E-state index in [2.05, 4.69) is 9.97 Å². The van der Waals surface area contributed by atoms with Crippen molar-refractivity contribution in [3.8, 4) is 0 Å². The molecule has 21 heavy (non-hydrogen) atoms. The van der Waals surface area contributed by atoms with Crippen LogP contribution in [0.1, 0.15) is 6.42 Å². The van der Waals surface area contributed by atoms with Gasteiger partial charge in [0.2, 0.25) is 15.9 Å². The second-order valence-corrected chi connectivity index (χ2v) is 7.19. The number of anilines is 1. The van der Waals surface area contributed by atoms with Crippen molar-refractivity contribution in [1.82, 2.24) is 14.3 Å². The number of nitrogens with zero attached hydrogens (tertiary/aromatic N) is 4. The molecule has 0 radical (unpaired) electrons. The van der Waals surface area contributed by atoms with Crippen LogP contribution < -0.4 is 4.90 Å². The third kappa shape index (κ3) is 2.76. The van der Waals surface area contributed by atoms with Gasteiger partial charge in [0.25, 0.3) is 0 Å². The van der Waals surface area contributed by atoms with Crippen LogP contribution in [0.5, 0.6) is 0 Å². The lowest BCUT2D eigenvalue weighted by Gasteiger charge is -2.33. The molecule has 0 aliphatic carbocycles. The Labute approximate surface area is 122 Å². The molecule has 1 amide bonds. The fraction of sp³-hybridized carbons (Fsp3) is 0.583. The number of carbonyl (C=O) groups is 1. The van der Waals surface area contributed by atoms with Crippen LogP contribution in [0.2, 0.25) is 0 Å². The van der Waals surface area contributed by atoms with Crippen molar-refractivity contribution >= 4 is 21.7 Å². The number of amides is 1. The maximum Gasteiger partial charge on any atom is 0.243 e. The van der Waals surface area contributed by atoms with Crippen molar-refractivity contribution in [1.29, 1.82) is 0 Å². The third-order valence-electron chi connectivity index (χ3n) is 3.68. The van der Waals surface area contributed by atoms with Crippen LogP contribution >= 0.6 is 0 Å². The summed E-state index contributed by atoms with van der Waals surface area (Å²) in [5.74, 6) is 0.160. The largest absolute Gasteiger partial charge is 0.380 e. The molecular weight excluding hydrogens is 296 g/mol. The normalized spacial score (nSPS) is 24.5. The Kier molecular flexibility index (Phi) is 3.87. The van der Waals surface area contributed by atoms with Crippen molar-refractivity contribution in [2.24, 2.45) is 0 Å². The van der Waals surface area contributed by atoms with Gasteiger partial charge in [0.15, 0.2) is 5.82 Å². The summed E-state index contributed by atoms with van der Waals surface area (Å²) in [5.41, 5.74) is 0. The summed E-state index contributed by atoms with van der Waals surface area (Å²) < 4.78 is 31.2. The van der Waals surface area contributed by atoms with Crippen molar-refractivity contribution in [3.05, 3.63) is 18.6 Å². The van der Waals surface area contributed by atoms with E-state index in [9.17, 15) is 13.2 Å². The van der Waals surface area contributed by atoms with Gasteiger partial charge in [-0.3, -0.25) is 14.7 Å².